The lowest BCUT2D eigenvalue weighted by molar-refractivity contribution is -0.184. The van der Waals surface area contributed by atoms with Crippen molar-refractivity contribution in [3.63, 3.8) is 0 Å². The second-order valence-corrected chi connectivity index (χ2v) is 6.34. The fraction of sp³-hybridized carbons (Fsp3) is 0.611. The van der Waals surface area contributed by atoms with Crippen LogP contribution in [0.1, 0.15) is 31.2 Å². The average molecular weight is 375 g/mol. The van der Waals surface area contributed by atoms with Crippen molar-refractivity contribution >= 4 is 5.91 Å². The van der Waals surface area contributed by atoms with Crippen LogP contribution in [0.2, 0.25) is 0 Å². The van der Waals surface area contributed by atoms with E-state index < -0.39 is 18.1 Å². The van der Waals surface area contributed by atoms with Crippen molar-refractivity contribution in [2.24, 2.45) is 5.92 Å². The molecule has 0 aliphatic heterocycles. The third-order valence-corrected chi connectivity index (χ3v) is 4.64. The molecule has 8 heteroatoms. The molecule has 0 bridgehead atoms. The maximum Gasteiger partial charge on any atom is 0.391 e. The summed E-state index contributed by atoms with van der Waals surface area (Å²) in [6, 6.07) is 2.87. The zero-order chi connectivity index (χ0) is 19.3. The lowest BCUT2D eigenvalue weighted by Crippen LogP contribution is -2.42. The van der Waals surface area contributed by atoms with E-state index in [1.54, 1.807) is 12.1 Å². The minimum Gasteiger partial charge on any atom is -0.493 e. The van der Waals surface area contributed by atoms with Gasteiger partial charge < -0.3 is 19.5 Å². The summed E-state index contributed by atoms with van der Waals surface area (Å²) >= 11 is 0. The van der Waals surface area contributed by atoms with Gasteiger partial charge >= 0.3 is 6.18 Å². The molecule has 1 saturated carbocycles. The second kappa shape index (κ2) is 8.51. The lowest BCUT2D eigenvalue weighted by atomic mass is 9.85. The molecule has 1 N–H and O–H groups in total. The molecule has 0 spiro atoms. The molecule has 1 aliphatic rings. The summed E-state index contributed by atoms with van der Waals surface area (Å²) in [6.07, 6.45) is -3.17. The van der Waals surface area contributed by atoms with Crippen LogP contribution in [-0.2, 0) is 11.2 Å². The second-order valence-electron chi connectivity index (χ2n) is 6.34. The molecular weight excluding hydrogens is 351 g/mol. The van der Waals surface area contributed by atoms with Gasteiger partial charge in [-0.2, -0.15) is 13.2 Å². The smallest absolute Gasteiger partial charge is 0.391 e. The molecule has 0 saturated heterocycles. The van der Waals surface area contributed by atoms with Crippen LogP contribution in [0, 0.1) is 5.92 Å². The van der Waals surface area contributed by atoms with Gasteiger partial charge in [-0.05, 0) is 25.3 Å². The largest absolute Gasteiger partial charge is 0.493 e. The number of carbonyl (C=O) groups excluding carboxylic acids is 1. The number of rotatable bonds is 6. The number of hydrogen-bond donors (Lipinski definition) is 1. The van der Waals surface area contributed by atoms with Gasteiger partial charge in [-0.15, -0.1) is 0 Å². The van der Waals surface area contributed by atoms with E-state index in [4.69, 9.17) is 14.2 Å². The summed E-state index contributed by atoms with van der Waals surface area (Å²) in [4.78, 5) is 12.3. The first kappa shape index (κ1) is 20.2. The molecule has 26 heavy (non-hydrogen) atoms. The Hall–Kier alpha value is -2.12. The van der Waals surface area contributed by atoms with Gasteiger partial charge in [-0.3, -0.25) is 4.79 Å². The fourth-order valence-electron chi connectivity index (χ4n) is 3.37. The monoisotopic (exact) mass is 375 g/mol. The van der Waals surface area contributed by atoms with Gasteiger partial charge in [0.2, 0.25) is 11.7 Å². The Morgan fingerprint density at radius 3 is 2.38 bits per heavy atom. The van der Waals surface area contributed by atoms with Crippen molar-refractivity contribution in [2.75, 3.05) is 21.3 Å². The van der Waals surface area contributed by atoms with E-state index in [0.717, 1.165) is 0 Å². The molecule has 0 unspecified atom stereocenters. The molecule has 5 nitrogen and oxygen atoms in total. The highest BCUT2D eigenvalue weighted by atomic mass is 19.4. The zero-order valence-corrected chi connectivity index (χ0v) is 15.1. The maximum atomic E-state index is 12.9. The van der Waals surface area contributed by atoms with Crippen LogP contribution < -0.4 is 19.5 Å². The Morgan fingerprint density at radius 1 is 1.12 bits per heavy atom. The summed E-state index contributed by atoms with van der Waals surface area (Å²) in [6.45, 7) is 0. The van der Waals surface area contributed by atoms with E-state index >= 15 is 0 Å². The van der Waals surface area contributed by atoms with Crippen molar-refractivity contribution in [2.45, 2.75) is 44.3 Å². The average Bonchev–Trinajstić information content (AvgIpc) is 2.60. The summed E-state index contributed by atoms with van der Waals surface area (Å²) in [5.74, 6) is -0.483. The number of hydrogen-bond acceptors (Lipinski definition) is 4. The van der Waals surface area contributed by atoms with E-state index in [1.807, 2.05) is 0 Å². The van der Waals surface area contributed by atoms with E-state index in [2.05, 4.69) is 5.32 Å². The molecule has 0 heterocycles. The first-order chi connectivity index (χ1) is 12.3. The van der Waals surface area contributed by atoms with Gasteiger partial charge in [0.05, 0.1) is 33.7 Å². The van der Waals surface area contributed by atoms with Crippen LogP contribution in [0.25, 0.3) is 0 Å². The van der Waals surface area contributed by atoms with Crippen LogP contribution in [0.5, 0.6) is 17.2 Å². The summed E-state index contributed by atoms with van der Waals surface area (Å²) in [5.41, 5.74) is 0.575. The first-order valence-corrected chi connectivity index (χ1v) is 8.44. The van der Waals surface area contributed by atoms with Crippen molar-refractivity contribution in [1.82, 2.24) is 5.32 Å². The summed E-state index contributed by atoms with van der Waals surface area (Å²) < 4.78 is 54.5. The van der Waals surface area contributed by atoms with Gasteiger partial charge in [0.25, 0.3) is 0 Å². The molecular formula is C18H24F3NO4. The minimum atomic E-state index is -4.21. The lowest BCUT2D eigenvalue weighted by Gasteiger charge is -2.31. The Morgan fingerprint density at radius 2 is 1.81 bits per heavy atom. The van der Waals surface area contributed by atoms with E-state index in [1.165, 1.54) is 21.3 Å². The number of methoxy groups -OCH3 is 3. The summed E-state index contributed by atoms with van der Waals surface area (Å²) in [5, 5.41) is 2.72. The topological polar surface area (TPSA) is 56.8 Å². The Balaban J connectivity index is 2.06. The molecule has 1 aromatic carbocycles. The molecule has 1 aromatic rings. The molecule has 146 valence electrons. The fourth-order valence-corrected chi connectivity index (χ4v) is 3.37. The maximum absolute atomic E-state index is 12.9. The predicted molar refractivity (Wildman–Crippen MR) is 89.7 cm³/mol. The first-order valence-electron chi connectivity index (χ1n) is 8.44. The number of amides is 1. The third kappa shape index (κ3) is 4.74. The van der Waals surface area contributed by atoms with Crippen LogP contribution in [-0.4, -0.2) is 39.5 Å². The number of benzene rings is 1. The molecule has 0 radical (unpaired) electrons. The number of alkyl halides is 3. The van der Waals surface area contributed by atoms with Gasteiger partial charge in [-0.1, -0.05) is 12.5 Å². The van der Waals surface area contributed by atoms with Crippen LogP contribution in [0.15, 0.2) is 12.1 Å². The van der Waals surface area contributed by atoms with Gasteiger partial charge in [-0.25, -0.2) is 0 Å². The molecule has 1 aliphatic carbocycles. The minimum absolute atomic E-state index is 0.0172. The van der Waals surface area contributed by atoms with Crippen LogP contribution >= 0.6 is 0 Å². The number of nitrogens with one attached hydrogen (secondary N) is 1. The highest BCUT2D eigenvalue weighted by Gasteiger charge is 2.42. The summed E-state index contributed by atoms with van der Waals surface area (Å²) in [7, 11) is 4.40. The van der Waals surface area contributed by atoms with E-state index in [9.17, 15) is 18.0 Å². The standard InChI is InChI=1S/C18H24F3NO4/c1-24-14-8-7-11(16(25-2)17(14)26-3)9-15(23)22-13-6-4-5-12(10-13)18(19,20)21/h7-8,12-13H,4-6,9-10H2,1-3H3,(H,22,23)/t12-,13-/m1/s1. The normalized spacial score (nSPS) is 20.4. The quantitative estimate of drug-likeness (QED) is 0.827. The predicted octanol–water partition coefficient (Wildman–Crippen LogP) is 3.49. The molecule has 1 fully saturated rings. The number of halogens is 3. The van der Waals surface area contributed by atoms with Crippen LogP contribution in [0.3, 0.4) is 0 Å². The van der Waals surface area contributed by atoms with Crippen molar-refractivity contribution < 1.29 is 32.2 Å². The van der Waals surface area contributed by atoms with Gasteiger partial charge in [0.15, 0.2) is 11.5 Å². The van der Waals surface area contributed by atoms with Gasteiger partial charge in [0, 0.05) is 11.6 Å². The van der Waals surface area contributed by atoms with Crippen molar-refractivity contribution in [3.8, 4) is 17.2 Å². The number of carbonyl (C=O) groups is 1. The third-order valence-electron chi connectivity index (χ3n) is 4.64. The molecule has 2 rings (SSSR count). The Kier molecular flexibility index (Phi) is 6.61. The highest BCUT2D eigenvalue weighted by molar-refractivity contribution is 5.80. The molecule has 1 amide bonds. The SMILES string of the molecule is COc1ccc(CC(=O)N[C@@H]2CCC[C@@H](C(F)(F)F)C2)c(OC)c1OC. The van der Waals surface area contributed by atoms with Crippen molar-refractivity contribution in [3.05, 3.63) is 17.7 Å². The number of ether oxygens (including phenoxy) is 3. The zero-order valence-electron chi connectivity index (χ0n) is 15.1. The Labute approximate surface area is 150 Å². The van der Waals surface area contributed by atoms with Crippen molar-refractivity contribution in [1.29, 1.82) is 0 Å². The van der Waals surface area contributed by atoms with E-state index in [-0.39, 0.29) is 25.2 Å². The van der Waals surface area contributed by atoms with Gasteiger partial charge in [0.1, 0.15) is 0 Å². The molecule has 0 aromatic heterocycles. The highest BCUT2D eigenvalue weighted by Crippen LogP contribution is 2.40. The molecule has 2 atom stereocenters. The van der Waals surface area contributed by atoms with Crippen LogP contribution in [0.4, 0.5) is 13.2 Å². The van der Waals surface area contributed by atoms with E-state index in [0.29, 0.717) is 35.7 Å². The Bertz CT molecular complexity index is 634.